The van der Waals surface area contributed by atoms with Crippen molar-refractivity contribution in [3.05, 3.63) is 71.4 Å². The number of piperidine rings is 1. The second-order valence-corrected chi connectivity index (χ2v) is 8.26. The Morgan fingerprint density at radius 1 is 1.18 bits per heavy atom. The van der Waals surface area contributed by atoms with E-state index in [9.17, 15) is 13.2 Å². The molecule has 3 aromatic rings. The van der Waals surface area contributed by atoms with Gasteiger partial charge in [-0.05, 0) is 49.4 Å². The molecule has 5 rings (SSSR count). The number of pyridine rings is 1. The van der Waals surface area contributed by atoms with Gasteiger partial charge >= 0.3 is 6.18 Å². The van der Waals surface area contributed by atoms with Crippen LogP contribution in [0.3, 0.4) is 0 Å². The zero-order valence-corrected chi connectivity index (χ0v) is 18.2. The van der Waals surface area contributed by atoms with Crippen molar-refractivity contribution in [3.63, 3.8) is 0 Å². The highest BCUT2D eigenvalue weighted by molar-refractivity contribution is 5.98. The van der Waals surface area contributed by atoms with Gasteiger partial charge in [0.15, 0.2) is 5.84 Å². The number of alkyl halides is 3. The Balaban J connectivity index is 1.37. The molecule has 0 radical (unpaired) electrons. The number of methoxy groups -OCH3 is 1. The smallest absolute Gasteiger partial charge is 0.416 e. The number of aryl methyl sites for hydroxylation is 1. The minimum atomic E-state index is -4.34. The monoisotopic (exact) mass is 456 g/mol. The molecule has 0 amide bonds. The molecule has 2 atom stereocenters. The summed E-state index contributed by atoms with van der Waals surface area (Å²) in [5.41, 5.74) is 5.68. The zero-order chi connectivity index (χ0) is 23.2. The molecule has 2 aliphatic heterocycles. The maximum Gasteiger partial charge on any atom is 0.416 e. The Hall–Kier alpha value is -3.40. The lowest BCUT2D eigenvalue weighted by Crippen LogP contribution is -2.45. The third-order valence-corrected chi connectivity index (χ3v) is 6.05. The molecule has 172 valence electrons. The topological polar surface area (TPSA) is 67.6 Å². The standard InChI is InChI=1S/C23H23F3N6O/c1-14-12-31(13-27-14)19-7-6-18(28-22(19)33-2)21-29-20-11-16(8-9-32(20)30-21)15-4-3-5-17(10-15)23(24,25)26/h3-7,10,12-13,16,20H,8-9,11H2,1-2H3,(H,29,30)/t16-,20-/m0/s1. The van der Waals surface area contributed by atoms with Crippen LogP contribution in [0.15, 0.2) is 53.9 Å². The van der Waals surface area contributed by atoms with Crippen LogP contribution in [-0.2, 0) is 6.18 Å². The Morgan fingerprint density at radius 3 is 2.76 bits per heavy atom. The Bertz CT molecular complexity index is 1200. The molecule has 0 spiro atoms. The number of ether oxygens (including phenoxy) is 1. The summed E-state index contributed by atoms with van der Waals surface area (Å²) in [6.45, 7) is 2.58. The van der Waals surface area contributed by atoms with E-state index < -0.39 is 11.7 Å². The van der Waals surface area contributed by atoms with E-state index in [2.05, 4.69) is 15.4 Å². The van der Waals surface area contributed by atoms with Crippen LogP contribution in [0.5, 0.6) is 5.88 Å². The van der Waals surface area contributed by atoms with Gasteiger partial charge in [0.05, 0.1) is 24.7 Å². The van der Waals surface area contributed by atoms with Crippen molar-refractivity contribution in [3.8, 4) is 11.6 Å². The first-order chi connectivity index (χ1) is 15.8. The molecule has 2 aromatic heterocycles. The van der Waals surface area contributed by atoms with E-state index in [0.29, 0.717) is 35.9 Å². The lowest BCUT2D eigenvalue weighted by molar-refractivity contribution is -0.137. The van der Waals surface area contributed by atoms with Crippen LogP contribution in [0, 0.1) is 6.92 Å². The highest BCUT2D eigenvalue weighted by Gasteiger charge is 2.36. The van der Waals surface area contributed by atoms with Gasteiger partial charge in [0.25, 0.3) is 0 Å². The Morgan fingerprint density at radius 2 is 2.03 bits per heavy atom. The lowest BCUT2D eigenvalue weighted by atomic mass is 9.87. The van der Waals surface area contributed by atoms with Gasteiger partial charge in [-0.15, -0.1) is 0 Å². The first-order valence-electron chi connectivity index (χ1n) is 10.7. The van der Waals surface area contributed by atoms with E-state index in [4.69, 9.17) is 9.73 Å². The third kappa shape index (κ3) is 4.18. The van der Waals surface area contributed by atoms with Gasteiger partial charge in [-0.3, -0.25) is 5.43 Å². The van der Waals surface area contributed by atoms with Gasteiger partial charge in [0.1, 0.15) is 17.5 Å². The van der Waals surface area contributed by atoms with Crippen LogP contribution in [0.4, 0.5) is 13.2 Å². The van der Waals surface area contributed by atoms with Gasteiger partial charge in [-0.25, -0.2) is 15.0 Å². The molecule has 1 aromatic carbocycles. The van der Waals surface area contributed by atoms with Crippen LogP contribution in [-0.4, -0.2) is 45.2 Å². The molecule has 0 aliphatic carbocycles. The summed E-state index contributed by atoms with van der Waals surface area (Å²) < 4.78 is 46.7. The molecule has 10 heteroatoms. The van der Waals surface area contributed by atoms with Crippen molar-refractivity contribution in [2.24, 2.45) is 4.99 Å². The Labute approximate surface area is 188 Å². The first kappa shape index (κ1) is 21.4. The molecular weight excluding hydrogens is 433 g/mol. The first-order valence-corrected chi connectivity index (χ1v) is 10.7. The number of benzene rings is 1. The summed E-state index contributed by atoms with van der Waals surface area (Å²) in [7, 11) is 1.56. The number of nitrogens with one attached hydrogen (secondary N) is 1. The van der Waals surface area contributed by atoms with E-state index >= 15 is 0 Å². The molecule has 7 nitrogen and oxygen atoms in total. The number of hydrazine groups is 1. The summed E-state index contributed by atoms with van der Waals surface area (Å²) in [5, 5.41) is 2.01. The number of amidine groups is 1. The van der Waals surface area contributed by atoms with Crippen molar-refractivity contribution in [1.29, 1.82) is 0 Å². The molecule has 33 heavy (non-hydrogen) atoms. The second kappa shape index (κ2) is 8.18. The summed E-state index contributed by atoms with van der Waals surface area (Å²) in [6, 6.07) is 9.38. The number of fused-ring (bicyclic) bond motifs is 1. The fraction of sp³-hybridized carbons (Fsp3) is 0.348. The van der Waals surface area contributed by atoms with Crippen molar-refractivity contribution in [2.45, 2.75) is 38.0 Å². The number of aliphatic imine (C=N–C) groups is 1. The van der Waals surface area contributed by atoms with Gasteiger partial charge in [-0.1, -0.05) is 18.2 Å². The van der Waals surface area contributed by atoms with Crippen LogP contribution in [0.1, 0.15) is 41.3 Å². The van der Waals surface area contributed by atoms with Crippen molar-refractivity contribution in [1.82, 2.24) is 25.0 Å². The largest absolute Gasteiger partial charge is 0.479 e. The number of hydrogen-bond acceptors (Lipinski definition) is 6. The lowest BCUT2D eigenvalue weighted by Gasteiger charge is -2.33. The van der Waals surface area contributed by atoms with Crippen LogP contribution < -0.4 is 10.2 Å². The number of aromatic nitrogens is 3. The summed E-state index contributed by atoms with van der Waals surface area (Å²) in [6.07, 6.45) is 0.442. The number of halogens is 3. The predicted octanol–water partition coefficient (Wildman–Crippen LogP) is 4.07. The Kier molecular flexibility index (Phi) is 5.32. The molecule has 0 unspecified atom stereocenters. The summed E-state index contributed by atoms with van der Waals surface area (Å²) in [4.78, 5) is 13.6. The zero-order valence-electron chi connectivity index (χ0n) is 18.2. The number of hydrogen-bond donors (Lipinski definition) is 1. The molecule has 4 heterocycles. The highest BCUT2D eigenvalue weighted by atomic mass is 19.4. The van der Waals surface area contributed by atoms with Crippen LogP contribution in [0.2, 0.25) is 0 Å². The molecule has 1 fully saturated rings. The van der Waals surface area contributed by atoms with E-state index in [0.717, 1.165) is 23.9 Å². The minimum absolute atomic E-state index is 0.00722. The average Bonchev–Trinajstić information content (AvgIpc) is 3.43. The highest BCUT2D eigenvalue weighted by Crippen LogP contribution is 2.36. The minimum Gasteiger partial charge on any atom is -0.479 e. The summed E-state index contributed by atoms with van der Waals surface area (Å²) in [5.74, 6) is 1.07. The fourth-order valence-electron chi connectivity index (χ4n) is 4.37. The molecule has 1 saturated heterocycles. The molecule has 1 N–H and O–H groups in total. The number of nitrogens with zero attached hydrogens (tertiary/aromatic N) is 5. The normalized spacial score (nSPS) is 20.8. The third-order valence-electron chi connectivity index (χ3n) is 6.05. The maximum absolute atomic E-state index is 13.1. The van der Waals surface area contributed by atoms with E-state index in [1.165, 1.54) is 12.1 Å². The van der Waals surface area contributed by atoms with E-state index in [-0.39, 0.29) is 12.1 Å². The fourth-order valence-corrected chi connectivity index (χ4v) is 4.37. The predicted molar refractivity (Wildman–Crippen MR) is 116 cm³/mol. The molecule has 0 saturated carbocycles. The molecular formula is C23H23F3N6O. The quantitative estimate of drug-likeness (QED) is 0.641. The summed E-state index contributed by atoms with van der Waals surface area (Å²) >= 11 is 0. The van der Waals surface area contributed by atoms with Crippen molar-refractivity contribution >= 4 is 5.84 Å². The van der Waals surface area contributed by atoms with Gasteiger partial charge in [-0.2, -0.15) is 18.2 Å². The van der Waals surface area contributed by atoms with Crippen LogP contribution >= 0.6 is 0 Å². The molecule has 0 bridgehead atoms. The van der Waals surface area contributed by atoms with E-state index in [1.54, 1.807) is 19.5 Å². The van der Waals surface area contributed by atoms with Crippen molar-refractivity contribution < 1.29 is 17.9 Å². The van der Waals surface area contributed by atoms with Crippen LogP contribution in [0.25, 0.3) is 5.69 Å². The maximum atomic E-state index is 13.1. The van der Waals surface area contributed by atoms with Crippen molar-refractivity contribution in [2.75, 3.05) is 13.7 Å². The van der Waals surface area contributed by atoms with Gasteiger partial charge < -0.3 is 9.30 Å². The average molecular weight is 456 g/mol. The molecule has 2 aliphatic rings. The SMILES string of the molecule is COc1nc(C2=N[C@@H]3C[C@@H](c4cccc(C(F)(F)F)c4)CCN3N2)ccc1-n1cnc(C)c1. The number of imidazole rings is 1. The number of rotatable bonds is 4. The second-order valence-electron chi connectivity index (χ2n) is 8.26. The van der Waals surface area contributed by atoms with E-state index in [1.807, 2.05) is 34.8 Å². The van der Waals surface area contributed by atoms with Gasteiger partial charge in [0, 0.05) is 12.7 Å². The van der Waals surface area contributed by atoms with Gasteiger partial charge in [0.2, 0.25) is 5.88 Å².